The van der Waals surface area contributed by atoms with Crippen LogP contribution in [-0.4, -0.2) is 24.3 Å². The zero-order valence-corrected chi connectivity index (χ0v) is 9.62. The molecule has 0 spiro atoms. The second-order valence-corrected chi connectivity index (χ2v) is 4.20. The van der Waals surface area contributed by atoms with E-state index >= 15 is 0 Å². The summed E-state index contributed by atoms with van der Waals surface area (Å²) in [7, 11) is 3.99. The number of hydrogen-bond acceptors (Lipinski definition) is 3. The molecule has 4 heteroatoms. The van der Waals surface area contributed by atoms with Crippen molar-refractivity contribution in [3.63, 3.8) is 0 Å². The zero-order valence-electron chi connectivity index (χ0n) is 8.03. The van der Waals surface area contributed by atoms with Gasteiger partial charge in [0, 0.05) is 24.0 Å². The molecule has 72 valence electrons. The summed E-state index contributed by atoms with van der Waals surface area (Å²) < 4.78 is 1.06. The lowest BCUT2D eigenvalue weighted by atomic mass is 10.2. The molecule has 0 aliphatic heterocycles. The third-order valence-corrected chi connectivity index (χ3v) is 2.56. The fraction of sp³-hybridized carbons (Fsp3) is 0.200. The summed E-state index contributed by atoms with van der Waals surface area (Å²) in [6, 6.07) is 5.98. The van der Waals surface area contributed by atoms with E-state index in [4.69, 9.17) is 0 Å². The topological polar surface area (TPSA) is 29.0 Å². The van der Waals surface area contributed by atoms with Gasteiger partial charge in [-0.1, -0.05) is 15.9 Å². The van der Waals surface area contributed by atoms with Gasteiger partial charge in [-0.25, -0.2) is 0 Å². The van der Waals surface area contributed by atoms with E-state index in [1.807, 2.05) is 31.1 Å². The molecule has 0 unspecified atom stereocenters. The number of halogens is 1. The van der Waals surface area contributed by atoms with Crippen molar-refractivity contribution in [1.29, 1.82) is 0 Å². The van der Waals surface area contributed by atoms with Crippen molar-refractivity contribution in [1.82, 2.24) is 10.2 Å². The average Bonchev–Trinajstić information content (AvgIpc) is 2.16. The molecule has 1 heterocycles. The highest BCUT2D eigenvalue weighted by Gasteiger charge is 2.04. The van der Waals surface area contributed by atoms with Gasteiger partial charge in [-0.3, -0.25) is 0 Å². The molecule has 2 rings (SSSR count). The van der Waals surface area contributed by atoms with Gasteiger partial charge in [-0.05, 0) is 18.2 Å². The highest BCUT2D eigenvalue weighted by atomic mass is 79.9. The Morgan fingerprint density at radius 3 is 2.79 bits per heavy atom. The van der Waals surface area contributed by atoms with Crippen LogP contribution in [-0.2, 0) is 0 Å². The molecule has 0 N–H and O–H groups in total. The summed E-state index contributed by atoms with van der Waals surface area (Å²) in [4.78, 5) is 2.03. The number of anilines is 1. The van der Waals surface area contributed by atoms with Gasteiger partial charge in [-0.15, -0.1) is 0 Å². The molecule has 0 amide bonds. The van der Waals surface area contributed by atoms with Crippen LogP contribution >= 0.6 is 15.9 Å². The molecule has 0 radical (unpaired) electrons. The Labute approximate surface area is 90.9 Å². The van der Waals surface area contributed by atoms with Crippen molar-refractivity contribution in [2.75, 3.05) is 19.0 Å². The molecule has 0 aliphatic rings. The smallest absolute Gasteiger partial charge is 0.0951 e. The predicted octanol–water partition coefficient (Wildman–Crippen LogP) is 2.46. The van der Waals surface area contributed by atoms with Crippen molar-refractivity contribution in [2.24, 2.45) is 0 Å². The molecule has 0 aliphatic carbocycles. The number of benzene rings is 1. The average molecular weight is 252 g/mol. The first-order chi connectivity index (χ1) is 6.68. The van der Waals surface area contributed by atoms with E-state index in [1.54, 1.807) is 6.20 Å². The molecule has 0 fully saturated rings. The van der Waals surface area contributed by atoms with Gasteiger partial charge in [0.1, 0.15) is 0 Å². The fourth-order valence-electron chi connectivity index (χ4n) is 1.37. The molecule has 0 saturated heterocycles. The maximum absolute atomic E-state index is 4.07. The SMILES string of the molecule is CN(C)c1cnnc2ccc(Br)cc12. The fourth-order valence-corrected chi connectivity index (χ4v) is 1.73. The third-order valence-electron chi connectivity index (χ3n) is 2.06. The molecule has 0 bridgehead atoms. The van der Waals surface area contributed by atoms with E-state index in [-0.39, 0.29) is 0 Å². The molecule has 0 saturated carbocycles. The Kier molecular flexibility index (Phi) is 2.37. The van der Waals surface area contributed by atoms with Crippen LogP contribution in [0.2, 0.25) is 0 Å². The van der Waals surface area contributed by atoms with Gasteiger partial charge >= 0.3 is 0 Å². The standard InChI is InChI=1S/C10H10BrN3/c1-14(2)10-6-12-13-9-4-3-7(11)5-8(9)10/h3-6H,1-2H3. The Balaban J connectivity index is 2.77. The molecule has 1 aromatic carbocycles. The number of aromatic nitrogens is 2. The highest BCUT2D eigenvalue weighted by Crippen LogP contribution is 2.25. The van der Waals surface area contributed by atoms with E-state index in [0.29, 0.717) is 0 Å². The van der Waals surface area contributed by atoms with Crippen molar-refractivity contribution in [3.8, 4) is 0 Å². The Bertz CT molecular complexity index is 468. The van der Waals surface area contributed by atoms with E-state index < -0.39 is 0 Å². The van der Waals surface area contributed by atoms with Gasteiger partial charge < -0.3 is 4.90 Å². The monoisotopic (exact) mass is 251 g/mol. The van der Waals surface area contributed by atoms with E-state index in [9.17, 15) is 0 Å². The maximum Gasteiger partial charge on any atom is 0.0951 e. The summed E-state index contributed by atoms with van der Waals surface area (Å²) >= 11 is 3.45. The summed E-state index contributed by atoms with van der Waals surface area (Å²) in [5, 5.41) is 9.14. The number of rotatable bonds is 1. The molecule has 14 heavy (non-hydrogen) atoms. The minimum Gasteiger partial charge on any atom is -0.376 e. The lowest BCUT2D eigenvalue weighted by Crippen LogP contribution is -2.09. The Hall–Kier alpha value is -1.16. The first-order valence-electron chi connectivity index (χ1n) is 4.27. The number of hydrogen-bond donors (Lipinski definition) is 0. The van der Waals surface area contributed by atoms with Crippen LogP contribution in [0.1, 0.15) is 0 Å². The first-order valence-corrected chi connectivity index (χ1v) is 5.06. The lowest BCUT2D eigenvalue weighted by Gasteiger charge is -2.13. The second kappa shape index (κ2) is 3.53. The molecule has 2 aromatic rings. The van der Waals surface area contributed by atoms with Gasteiger partial charge in [-0.2, -0.15) is 10.2 Å². The number of nitrogens with zero attached hydrogens (tertiary/aromatic N) is 3. The minimum atomic E-state index is 0.916. The normalized spacial score (nSPS) is 10.5. The van der Waals surface area contributed by atoms with Crippen LogP contribution in [0.15, 0.2) is 28.9 Å². The lowest BCUT2D eigenvalue weighted by molar-refractivity contribution is 1.04. The predicted molar refractivity (Wildman–Crippen MR) is 61.6 cm³/mol. The van der Waals surface area contributed by atoms with E-state index in [2.05, 4.69) is 32.2 Å². The Morgan fingerprint density at radius 1 is 1.29 bits per heavy atom. The van der Waals surface area contributed by atoms with Gasteiger partial charge in [0.2, 0.25) is 0 Å². The van der Waals surface area contributed by atoms with Crippen molar-refractivity contribution < 1.29 is 0 Å². The quantitative estimate of drug-likeness (QED) is 0.780. The van der Waals surface area contributed by atoms with Gasteiger partial charge in [0.25, 0.3) is 0 Å². The minimum absolute atomic E-state index is 0.916. The van der Waals surface area contributed by atoms with E-state index in [1.165, 1.54) is 0 Å². The second-order valence-electron chi connectivity index (χ2n) is 3.29. The van der Waals surface area contributed by atoms with Crippen molar-refractivity contribution >= 4 is 32.5 Å². The summed E-state index contributed by atoms with van der Waals surface area (Å²) in [5.41, 5.74) is 2.00. The van der Waals surface area contributed by atoms with Crippen LogP contribution in [0.25, 0.3) is 10.9 Å². The summed E-state index contributed by atoms with van der Waals surface area (Å²) in [6.45, 7) is 0. The molecule has 3 nitrogen and oxygen atoms in total. The van der Waals surface area contributed by atoms with Crippen LogP contribution in [0.4, 0.5) is 5.69 Å². The van der Waals surface area contributed by atoms with Gasteiger partial charge in [0.05, 0.1) is 17.4 Å². The van der Waals surface area contributed by atoms with Crippen LogP contribution in [0.3, 0.4) is 0 Å². The highest BCUT2D eigenvalue weighted by molar-refractivity contribution is 9.10. The molecular formula is C10H10BrN3. The number of fused-ring (bicyclic) bond motifs is 1. The van der Waals surface area contributed by atoms with Crippen molar-refractivity contribution in [2.45, 2.75) is 0 Å². The molecular weight excluding hydrogens is 242 g/mol. The van der Waals surface area contributed by atoms with Crippen LogP contribution < -0.4 is 4.90 Å². The summed E-state index contributed by atoms with van der Waals surface area (Å²) in [5.74, 6) is 0. The van der Waals surface area contributed by atoms with E-state index in [0.717, 1.165) is 21.1 Å². The van der Waals surface area contributed by atoms with Crippen LogP contribution in [0, 0.1) is 0 Å². The summed E-state index contributed by atoms with van der Waals surface area (Å²) in [6.07, 6.45) is 1.77. The molecule has 1 aromatic heterocycles. The maximum atomic E-state index is 4.07. The zero-order chi connectivity index (χ0) is 10.1. The van der Waals surface area contributed by atoms with Gasteiger partial charge in [0.15, 0.2) is 0 Å². The first kappa shape index (κ1) is 9.40. The van der Waals surface area contributed by atoms with Crippen LogP contribution in [0.5, 0.6) is 0 Å². The largest absolute Gasteiger partial charge is 0.376 e. The van der Waals surface area contributed by atoms with Crippen molar-refractivity contribution in [3.05, 3.63) is 28.9 Å². The molecule has 0 atom stereocenters. The third kappa shape index (κ3) is 1.57. The Morgan fingerprint density at radius 2 is 2.07 bits per heavy atom.